The Balaban J connectivity index is 1.60. The highest BCUT2D eigenvalue weighted by atomic mass is 32.2. The van der Waals surface area contributed by atoms with Gasteiger partial charge in [-0.05, 0) is 61.0 Å². The van der Waals surface area contributed by atoms with Gasteiger partial charge in [0, 0.05) is 44.0 Å². The van der Waals surface area contributed by atoms with E-state index >= 15 is 0 Å². The number of thioether (sulfide) groups is 1. The monoisotopic (exact) mass is 477 g/mol. The lowest BCUT2D eigenvalue weighted by Gasteiger charge is -2.15. The van der Waals surface area contributed by atoms with Gasteiger partial charge in [-0.3, -0.25) is 19.8 Å². The molecule has 1 aromatic heterocycles. The van der Waals surface area contributed by atoms with E-state index in [4.69, 9.17) is 9.15 Å². The highest BCUT2D eigenvalue weighted by Gasteiger charge is 2.33. The molecule has 1 fully saturated rings. The number of furan rings is 1. The Morgan fingerprint density at radius 1 is 1.18 bits per heavy atom. The van der Waals surface area contributed by atoms with E-state index in [-0.39, 0.29) is 11.6 Å². The molecule has 1 amide bonds. The normalized spacial score (nSPS) is 16.1. The van der Waals surface area contributed by atoms with Gasteiger partial charge in [-0.1, -0.05) is 18.2 Å². The quantitative estimate of drug-likeness (QED) is 0.176. The summed E-state index contributed by atoms with van der Waals surface area (Å²) < 4.78 is 11.1. The highest BCUT2D eigenvalue weighted by molar-refractivity contribution is 8.18. The van der Waals surface area contributed by atoms with Crippen molar-refractivity contribution in [3.63, 3.8) is 0 Å². The number of rotatable bonds is 8. The fourth-order valence-electron chi connectivity index (χ4n) is 3.51. The molecule has 8 nitrogen and oxygen atoms in total. The van der Waals surface area contributed by atoms with Gasteiger partial charge in [0.2, 0.25) is 0 Å². The van der Waals surface area contributed by atoms with Crippen LogP contribution < -0.4 is 0 Å². The number of nitro groups is 1. The van der Waals surface area contributed by atoms with E-state index in [1.807, 2.05) is 30.3 Å². The molecule has 0 aliphatic carbocycles. The summed E-state index contributed by atoms with van der Waals surface area (Å²) in [7, 11) is 1.63. The van der Waals surface area contributed by atoms with E-state index in [2.05, 4.69) is 4.99 Å². The predicted octanol–water partition coefficient (Wildman–Crippen LogP) is 5.80. The molecule has 0 radical (unpaired) electrons. The number of carbonyl (C=O) groups excluding carboxylic acids is 1. The van der Waals surface area contributed by atoms with Gasteiger partial charge in [-0.15, -0.1) is 0 Å². The van der Waals surface area contributed by atoms with Gasteiger partial charge < -0.3 is 9.15 Å². The number of para-hydroxylation sites is 1. The molecule has 9 heteroatoms. The number of nitro benzene ring substituents is 1. The van der Waals surface area contributed by atoms with E-state index < -0.39 is 4.92 Å². The zero-order valence-corrected chi connectivity index (χ0v) is 19.6. The molecule has 0 atom stereocenters. The lowest BCUT2D eigenvalue weighted by Crippen LogP contribution is -2.30. The minimum atomic E-state index is -0.426. The van der Waals surface area contributed by atoms with Gasteiger partial charge in [-0.2, -0.15) is 0 Å². The zero-order chi connectivity index (χ0) is 24.1. The first-order chi connectivity index (χ1) is 16.5. The van der Waals surface area contributed by atoms with Crippen LogP contribution in [0.3, 0.4) is 0 Å². The van der Waals surface area contributed by atoms with Crippen molar-refractivity contribution in [2.75, 3.05) is 20.3 Å². The lowest BCUT2D eigenvalue weighted by molar-refractivity contribution is -0.384. The predicted molar refractivity (Wildman–Crippen MR) is 133 cm³/mol. The summed E-state index contributed by atoms with van der Waals surface area (Å²) in [4.78, 5) is 30.6. The molecule has 1 aliphatic heterocycles. The summed E-state index contributed by atoms with van der Waals surface area (Å²) in [6, 6.07) is 17.7. The smallest absolute Gasteiger partial charge is 0.269 e. The van der Waals surface area contributed by atoms with Crippen LogP contribution in [0.25, 0.3) is 17.4 Å². The van der Waals surface area contributed by atoms with E-state index in [0.29, 0.717) is 41.2 Å². The average molecular weight is 478 g/mol. The number of hydrogen-bond donors (Lipinski definition) is 0. The second-order valence-electron chi connectivity index (χ2n) is 7.60. The van der Waals surface area contributed by atoms with Crippen LogP contribution in [0.1, 0.15) is 17.7 Å². The molecule has 0 bridgehead atoms. The molecule has 0 unspecified atom stereocenters. The first kappa shape index (κ1) is 23.5. The summed E-state index contributed by atoms with van der Waals surface area (Å²) >= 11 is 1.30. The minimum Gasteiger partial charge on any atom is -0.457 e. The largest absolute Gasteiger partial charge is 0.457 e. The molecule has 1 aliphatic rings. The van der Waals surface area contributed by atoms with Gasteiger partial charge in [0.05, 0.1) is 15.5 Å². The number of nitrogens with zero attached hydrogens (tertiary/aromatic N) is 3. The highest BCUT2D eigenvalue weighted by Crippen LogP contribution is 2.35. The van der Waals surface area contributed by atoms with Crippen molar-refractivity contribution in [3.05, 3.63) is 87.0 Å². The molecule has 0 N–H and O–H groups in total. The Labute approximate surface area is 201 Å². The van der Waals surface area contributed by atoms with E-state index in [1.54, 1.807) is 43.2 Å². The van der Waals surface area contributed by atoms with Crippen LogP contribution in [0.2, 0.25) is 0 Å². The number of benzene rings is 2. The lowest BCUT2D eigenvalue weighted by atomic mass is 10.1. The first-order valence-corrected chi connectivity index (χ1v) is 11.5. The van der Waals surface area contributed by atoms with Crippen LogP contribution in [-0.2, 0) is 9.53 Å². The number of aliphatic imine (C=N–C) groups is 1. The van der Waals surface area contributed by atoms with Crippen LogP contribution in [-0.4, -0.2) is 41.2 Å². The number of carbonyl (C=O) groups is 1. The number of amides is 1. The Hall–Kier alpha value is -3.69. The maximum atomic E-state index is 13.1. The summed E-state index contributed by atoms with van der Waals surface area (Å²) in [5.74, 6) is 0.950. The third-order valence-electron chi connectivity index (χ3n) is 5.19. The second kappa shape index (κ2) is 10.5. The standard InChI is InChI=1S/C25H23N3O5S/c1-17-15-19(28(30)31)9-11-21(17)22-12-10-20(33-22)16-23-24(29)27(13-6-14-32-2)25(34-23)26-18-7-4-3-5-8-18/h3-5,7-12,15-16H,6,13-14H2,1-2H3/b23-16+,26-25?. The number of hydrogen-bond acceptors (Lipinski definition) is 7. The van der Waals surface area contributed by atoms with Crippen molar-refractivity contribution in [1.82, 2.24) is 4.90 Å². The second-order valence-corrected chi connectivity index (χ2v) is 8.61. The van der Waals surface area contributed by atoms with E-state index in [1.165, 1.54) is 23.9 Å². The van der Waals surface area contributed by atoms with Crippen LogP contribution in [0.5, 0.6) is 0 Å². The molecule has 0 spiro atoms. The van der Waals surface area contributed by atoms with Gasteiger partial charge in [0.25, 0.3) is 11.6 Å². The molecule has 4 rings (SSSR count). The van der Waals surface area contributed by atoms with Gasteiger partial charge >= 0.3 is 0 Å². The average Bonchev–Trinajstić information content (AvgIpc) is 3.40. The summed E-state index contributed by atoms with van der Waals surface area (Å²) in [5.41, 5.74) is 2.29. The van der Waals surface area contributed by atoms with Crippen LogP contribution in [0.4, 0.5) is 11.4 Å². The topological polar surface area (TPSA) is 98.2 Å². The number of ether oxygens (including phenoxy) is 1. The summed E-state index contributed by atoms with van der Waals surface area (Å²) in [6.07, 6.45) is 2.39. The zero-order valence-electron chi connectivity index (χ0n) is 18.8. The molecule has 2 aromatic carbocycles. The van der Waals surface area contributed by atoms with Crippen molar-refractivity contribution in [2.45, 2.75) is 13.3 Å². The SMILES string of the molecule is COCCCN1C(=O)/C(=C\c2ccc(-c3ccc([N+](=O)[O-])cc3C)o2)SC1=Nc1ccccc1. The number of amidine groups is 1. The molecule has 3 aromatic rings. The Morgan fingerprint density at radius 3 is 2.68 bits per heavy atom. The Bertz CT molecular complexity index is 1270. The number of methoxy groups -OCH3 is 1. The molecule has 174 valence electrons. The Morgan fingerprint density at radius 2 is 1.97 bits per heavy atom. The van der Waals surface area contributed by atoms with Crippen molar-refractivity contribution >= 4 is 40.3 Å². The van der Waals surface area contributed by atoms with Crippen LogP contribution in [0, 0.1) is 17.0 Å². The molecule has 0 saturated carbocycles. The van der Waals surface area contributed by atoms with Crippen molar-refractivity contribution < 1.29 is 18.9 Å². The number of non-ortho nitro benzene ring substituents is 1. The molecule has 2 heterocycles. The summed E-state index contributed by atoms with van der Waals surface area (Å²) in [5, 5.41) is 11.6. The van der Waals surface area contributed by atoms with Gasteiger partial charge in [0.15, 0.2) is 5.17 Å². The molecular formula is C25H23N3O5S. The minimum absolute atomic E-state index is 0.0295. The fourth-order valence-corrected chi connectivity index (χ4v) is 4.52. The van der Waals surface area contributed by atoms with Crippen molar-refractivity contribution in [1.29, 1.82) is 0 Å². The molecule has 1 saturated heterocycles. The van der Waals surface area contributed by atoms with Crippen LogP contribution in [0.15, 0.2) is 75.0 Å². The Kier molecular flexibility index (Phi) is 7.24. The maximum Gasteiger partial charge on any atom is 0.269 e. The third-order valence-corrected chi connectivity index (χ3v) is 6.19. The van der Waals surface area contributed by atoms with E-state index in [9.17, 15) is 14.9 Å². The fraction of sp³-hybridized carbons (Fsp3) is 0.200. The summed E-state index contributed by atoms with van der Waals surface area (Å²) in [6.45, 7) is 2.83. The van der Waals surface area contributed by atoms with Crippen molar-refractivity contribution in [2.24, 2.45) is 4.99 Å². The number of aryl methyl sites for hydroxylation is 1. The third kappa shape index (κ3) is 5.27. The van der Waals surface area contributed by atoms with Crippen molar-refractivity contribution in [3.8, 4) is 11.3 Å². The maximum absolute atomic E-state index is 13.1. The molecule has 34 heavy (non-hydrogen) atoms. The first-order valence-electron chi connectivity index (χ1n) is 10.7. The van der Waals surface area contributed by atoms with Gasteiger partial charge in [-0.25, -0.2) is 4.99 Å². The van der Waals surface area contributed by atoms with Gasteiger partial charge in [0.1, 0.15) is 11.5 Å². The van der Waals surface area contributed by atoms with Crippen LogP contribution >= 0.6 is 11.8 Å². The van der Waals surface area contributed by atoms with E-state index in [0.717, 1.165) is 16.8 Å². The molecular weight excluding hydrogens is 454 g/mol.